The van der Waals surface area contributed by atoms with Crippen LogP contribution in [0, 0.1) is 11.7 Å². The topological polar surface area (TPSA) is 15.3 Å². The van der Waals surface area contributed by atoms with Crippen LogP contribution in [0.25, 0.3) is 0 Å². The highest BCUT2D eigenvalue weighted by Gasteiger charge is 2.34. The van der Waals surface area contributed by atoms with Gasteiger partial charge in [-0.2, -0.15) is 0 Å². The van der Waals surface area contributed by atoms with Crippen molar-refractivity contribution in [2.75, 3.05) is 19.6 Å². The zero-order valence-electron chi connectivity index (χ0n) is 10.9. The van der Waals surface area contributed by atoms with Crippen molar-refractivity contribution in [2.24, 2.45) is 5.92 Å². The van der Waals surface area contributed by atoms with Gasteiger partial charge in [0.25, 0.3) is 0 Å². The Morgan fingerprint density at radius 3 is 2.44 bits per heavy atom. The fourth-order valence-corrected chi connectivity index (χ4v) is 3.32. The second kappa shape index (κ2) is 4.98. The normalized spacial score (nSPS) is 32.4. The van der Waals surface area contributed by atoms with Crippen molar-refractivity contribution >= 4 is 0 Å². The Balaban J connectivity index is 1.64. The Hall–Kier alpha value is -0.930. The highest BCUT2D eigenvalue weighted by atomic mass is 19.1. The SMILES string of the molecule is CC(NC1CN2CCC1CC2)c1ccc(F)cc1. The van der Waals surface area contributed by atoms with Crippen LogP contribution in [0.2, 0.25) is 0 Å². The van der Waals surface area contributed by atoms with Gasteiger partial charge in [-0.15, -0.1) is 0 Å². The number of nitrogens with zero attached hydrogens (tertiary/aromatic N) is 1. The number of fused-ring (bicyclic) bond motifs is 3. The van der Waals surface area contributed by atoms with Gasteiger partial charge < -0.3 is 10.2 Å². The molecule has 1 aromatic carbocycles. The first kappa shape index (κ1) is 12.1. The molecule has 0 radical (unpaired) electrons. The lowest BCUT2D eigenvalue weighted by Crippen LogP contribution is -2.56. The van der Waals surface area contributed by atoms with Gasteiger partial charge >= 0.3 is 0 Å². The quantitative estimate of drug-likeness (QED) is 0.884. The average molecular weight is 248 g/mol. The van der Waals surface area contributed by atoms with Crippen LogP contribution in [0.15, 0.2) is 24.3 Å². The molecular weight excluding hydrogens is 227 g/mol. The van der Waals surface area contributed by atoms with Gasteiger partial charge in [0.05, 0.1) is 0 Å². The van der Waals surface area contributed by atoms with Gasteiger partial charge in [-0.25, -0.2) is 4.39 Å². The summed E-state index contributed by atoms with van der Waals surface area (Å²) in [6, 6.07) is 7.76. The number of halogens is 1. The fraction of sp³-hybridized carbons (Fsp3) is 0.600. The number of hydrogen-bond acceptors (Lipinski definition) is 2. The van der Waals surface area contributed by atoms with E-state index in [0.29, 0.717) is 12.1 Å². The summed E-state index contributed by atoms with van der Waals surface area (Å²) in [5.74, 6) is 0.673. The van der Waals surface area contributed by atoms with E-state index in [9.17, 15) is 4.39 Å². The smallest absolute Gasteiger partial charge is 0.123 e. The Morgan fingerprint density at radius 1 is 1.22 bits per heavy atom. The molecule has 2 unspecified atom stereocenters. The minimum atomic E-state index is -0.159. The van der Waals surface area contributed by atoms with E-state index in [1.54, 1.807) is 12.1 Å². The second-order valence-corrected chi connectivity index (χ2v) is 5.68. The second-order valence-electron chi connectivity index (χ2n) is 5.68. The Bertz CT molecular complexity index is 395. The van der Waals surface area contributed by atoms with Gasteiger partial charge in [-0.05, 0) is 56.5 Å². The Morgan fingerprint density at radius 2 is 1.89 bits per heavy atom. The molecular formula is C15H21FN2. The largest absolute Gasteiger partial charge is 0.306 e. The van der Waals surface area contributed by atoms with Gasteiger partial charge in [0.15, 0.2) is 0 Å². The molecule has 98 valence electrons. The predicted octanol–water partition coefficient (Wildman–Crippen LogP) is 2.57. The minimum Gasteiger partial charge on any atom is -0.306 e. The monoisotopic (exact) mass is 248 g/mol. The summed E-state index contributed by atoms with van der Waals surface area (Å²) in [4.78, 5) is 2.55. The fourth-order valence-electron chi connectivity index (χ4n) is 3.32. The summed E-state index contributed by atoms with van der Waals surface area (Å²) in [6.45, 7) is 5.89. The zero-order chi connectivity index (χ0) is 12.5. The van der Waals surface area contributed by atoms with Crippen molar-refractivity contribution in [3.63, 3.8) is 0 Å². The van der Waals surface area contributed by atoms with Gasteiger partial charge in [0.1, 0.15) is 5.82 Å². The van der Waals surface area contributed by atoms with E-state index < -0.39 is 0 Å². The molecule has 18 heavy (non-hydrogen) atoms. The van der Waals surface area contributed by atoms with Crippen molar-refractivity contribution in [2.45, 2.75) is 31.8 Å². The summed E-state index contributed by atoms with van der Waals surface area (Å²) in [6.07, 6.45) is 2.65. The summed E-state index contributed by atoms with van der Waals surface area (Å²) < 4.78 is 12.9. The van der Waals surface area contributed by atoms with Crippen LogP contribution < -0.4 is 5.32 Å². The maximum absolute atomic E-state index is 12.9. The van der Waals surface area contributed by atoms with E-state index >= 15 is 0 Å². The van der Waals surface area contributed by atoms with Crippen molar-refractivity contribution < 1.29 is 4.39 Å². The molecule has 2 atom stereocenters. The lowest BCUT2D eigenvalue weighted by atomic mass is 9.83. The molecule has 3 fully saturated rings. The van der Waals surface area contributed by atoms with E-state index in [0.717, 1.165) is 5.92 Å². The molecule has 3 heterocycles. The molecule has 1 N–H and O–H groups in total. The molecule has 3 aliphatic heterocycles. The van der Waals surface area contributed by atoms with Gasteiger partial charge in [0, 0.05) is 18.6 Å². The number of piperidine rings is 3. The van der Waals surface area contributed by atoms with Crippen LogP contribution in [-0.2, 0) is 0 Å². The Labute approximate surface area is 108 Å². The van der Waals surface area contributed by atoms with Crippen molar-refractivity contribution in [1.29, 1.82) is 0 Å². The van der Waals surface area contributed by atoms with Crippen LogP contribution in [-0.4, -0.2) is 30.6 Å². The first-order valence-electron chi connectivity index (χ1n) is 6.96. The molecule has 0 aliphatic carbocycles. The third-order valence-electron chi connectivity index (χ3n) is 4.49. The predicted molar refractivity (Wildman–Crippen MR) is 70.9 cm³/mol. The highest BCUT2D eigenvalue weighted by molar-refractivity contribution is 5.19. The maximum Gasteiger partial charge on any atom is 0.123 e. The number of nitrogens with one attached hydrogen (secondary N) is 1. The molecule has 3 heteroatoms. The van der Waals surface area contributed by atoms with Crippen molar-refractivity contribution in [3.05, 3.63) is 35.6 Å². The lowest BCUT2D eigenvalue weighted by molar-refractivity contribution is 0.0680. The minimum absolute atomic E-state index is 0.159. The summed E-state index contributed by atoms with van der Waals surface area (Å²) >= 11 is 0. The van der Waals surface area contributed by atoms with Gasteiger partial charge in [-0.1, -0.05) is 12.1 Å². The molecule has 2 bridgehead atoms. The first-order valence-corrected chi connectivity index (χ1v) is 6.96. The molecule has 0 amide bonds. The molecule has 0 saturated carbocycles. The van der Waals surface area contributed by atoms with E-state index in [4.69, 9.17) is 0 Å². The molecule has 1 aromatic rings. The number of benzene rings is 1. The molecule has 3 aliphatic rings. The number of rotatable bonds is 3. The molecule has 0 spiro atoms. The van der Waals surface area contributed by atoms with E-state index in [2.05, 4.69) is 17.1 Å². The third-order valence-corrected chi connectivity index (χ3v) is 4.49. The average Bonchev–Trinajstić information content (AvgIpc) is 2.41. The van der Waals surface area contributed by atoms with Crippen molar-refractivity contribution in [1.82, 2.24) is 10.2 Å². The zero-order valence-corrected chi connectivity index (χ0v) is 10.9. The van der Waals surface area contributed by atoms with Crippen LogP contribution in [0.3, 0.4) is 0 Å². The summed E-state index contributed by atoms with van der Waals surface area (Å²) in [5.41, 5.74) is 1.17. The Kier molecular flexibility index (Phi) is 3.35. The maximum atomic E-state index is 12.9. The van der Waals surface area contributed by atoms with Gasteiger partial charge in [-0.3, -0.25) is 0 Å². The van der Waals surface area contributed by atoms with Crippen LogP contribution in [0.1, 0.15) is 31.4 Å². The summed E-state index contributed by atoms with van der Waals surface area (Å²) in [5, 5.41) is 3.72. The van der Waals surface area contributed by atoms with Crippen LogP contribution in [0.5, 0.6) is 0 Å². The lowest BCUT2D eigenvalue weighted by Gasteiger charge is -2.46. The van der Waals surface area contributed by atoms with Crippen LogP contribution in [0.4, 0.5) is 4.39 Å². The standard InChI is InChI=1S/C15H21FN2/c1-11(12-2-4-14(16)5-3-12)17-15-10-18-8-6-13(15)7-9-18/h2-5,11,13,15,17H,6-10H2,1H3. The third kappa shape index (κ3) is 2.43. The first-order chi connectivity index (χ1) is 8.72. The van der Waals surface area contributed by atoms with Gasteiger partial charge in [0.2, 0.25) is 0 Å². The number of hydrogen-bond donors (Lipinski definition) is 1. The van der Waals surface area contributed by atoms with E-state index in [1.165, 1.54) is 38.0 Å². The summed E-state index contributed by atoms with van der Waals surface area (Å²) in [7, 11) is 0. The molecule has 4 rings (SSSR count). The van der Waals surface area contributed by atoms with E-state index in [1.807, 2.05) is 12.1 Å². The molecule has 2 nitrogen and oxygen atoms in total. The van der Waals surface area contributed by atoms with E-state index in [-0.39, 0.29) is 5.82 Å². The van der Waals surface area contributed by atoms with Crippen molar-refractivity contribution in [3.8, 4) is 0 Å². The molecule has 3 saturated heterocycles. The highest BCUT2D eigenvalue weighted by Crippen LogP contribution is 2.29. The van der Waals surface area contributed by atoms with Crippen LogP contribution >= 0.6 is 0 Å². The molecule has 0 aromatic heterocycles.